The van der Waals surface area contributed by atoms with E-state index in [0.717, 1.165) is 0 Å². The number of amides is 1. The molecule has 25 heavy (non-hydrogen) atoms. The summed E-state index contributed by atoms with van der Waals surface area (Å²) in [5, 5.41) is 11.7. The van der Waals surface area contributed by atoms with E-state index in [1.165, 1.54) is 30.5 Å². The summed E-state index contributed by atoms with van der Waals surface area (Å²) in [6, 6.07) is 10.6. The first-order chi connectivity index (χ1) is 12.1. The molecule has 128 valence electrons. The summed E-state index contributed by atoms with van der Waals surface area (Å²) in [7, 11) is 0. The van der Waals surface area contributed by atoms with Crippen LogP contribution in [-0.4, -0.2) is 16.0 Å². The normalized spacial score (nSPS) is 10.6. The number of nitrogens with one attached hydrogen (secondary N) is 2. The Labute approximate surface area is 141 Å². The van der Waals surface area contributed by atoms with E-state index >= 15 is 0 Å². The highest BCUT2D eigenvalue weighted by Crippen LogP contribution is 2.15. The fraction of sp³-hybridized carbons (Fsp3) is 0.111. The largest absolute Gasteiger partial charge is 0.463 e. The number of aromatic amines is 1. The smallest absolute Gasteiger partial charge is 0.261 e. The van der Waals surface area contributed by atoms with E-state index in [1.807, 2.05) is 0 Å². The number of hydrogen-bond donors (Lipinski definition) is 3. The molecule has 1 aromatic carbocycles. The zero-order valence-corrected chi connectivity index (χ0v) is 13.1. The highest BCUT2D eigenvalue weighted by atomic mass is 19.1. The number of pyridine rings is 1. The van der Waals surface area contributed by atoms with Crippen LogP contribution in [0.4, 0.5) is 4.39 Å². The highest BCUT2D eigenvalue weighted by molar-refractivity contribution is 5.93. The third-order valence-corrected chi connectivity index (χ3v) is 3.67. The van der Waals surface area contributed by atoms with Crippen LogP contribution in [0, 0.1) is 5.82 Å². The van der Waals surface area contributed by atoms with Crippen molar-refractivity contribution in [1.82, 2.24) is 10.3 Å². The number of rotatable bonds is 5. The second kappa shape index (κ2) is 7.14. The van der Waals surface area contributed by atoms with Gasteiger partial charge in [0.25, 0.3) is 11.5 Å². The minimum absolute atomic E-state index is 0.0419. The van der Waals surface area contributed by atoms with Crippen molar-refractivity contribution in [2.45, 2.75) is 13.2 Å². The molecule has 0 spiro atoms. The SMILES string of the molecule is O=C(NCc1ccc(F)c(CO)c1)c1ccc(-c2ccco2)[nH]c1=O. The number of aliphatic hydroxyl groups is 1. The van der Waals surface area contributed by atoms with Crippen molar-refractivity contribution < 1.29 is 18.7 Å². The predicted octanol–water partition coefficient (Wildman–Crippen LogP) is 2.20. The van der Waals surface area contributed by atoms with Gasteiger partial charge in [-0.15, -0.1) is 0 Å². The molecule has 0 aliphatic heterocycles. The van der Waals surface area contributed by atoms with Crippen molar-refractivity contribution in [3.63, 3.8) is 0 Å². The average molecular weight is 342 g/mol. The maximum absolute atomic E-state index is 13.3. The van der Waals surface area contributed by atoms with E-state index < -0.39 is 23.9 Å². The summed E-state index contributed by atoms with van der Waals surface area (Å²) in [6.07, 6.45) is 1.48. The molecule has 7 heteroatoms. The van der Waals surface area contributed by atoms with Crippen LogP contribution in [0.3, 0.4) is 0 Å². The van der Waals surface area contributed by atoms with Gasteiger partial charge in [0, 0.05) is 12.1 Å². The van der Waals surface area contributed by atoms with Crippen molar-refractivity contribution >= 4 is 5.91 Å². The van der Waals surface area contributed by atoms with Crippen LogP contribution in [0.15, 0.2) is 57.9 Å². The summed E-state index contributed by atoms with van der Waals surface area (Å²) < 4.78 is 18.5. The molecule has 0 saturated heterocycles. The van der Waals surface area contributed by atoms with Crippen LogP contribution >= 0.6 is 0 Å². The molecule has 2 aromatic heterocycles. The maximum Gasteiger partial charge on any atom is 0.261 e. The first-order valence-electron chi connectivity index (χ1n) is 7.52. The molecular weight excluding hydrogens is 327 g/mol. The van der Waals surface area contributed by atoms with Crippen molar-refractivity contribution in [2.75, 3.05) is 0 Å². The number of carbonyl (C=O) groups excluding carboxylic acids is 1. The third-order valence-electron chi connectivity index (χ3n) is 3.67. The Balaban J connectivity index is 1.72. The van der Waals surface area contributed by atoms with Gasteiger partial charge in [0.1, 0.15) is 17.1 Å². The fourth-order valence-corrected chi connectivity index (χ4v) is 2.36. The van der Waals surface area contributed by atoms with Crippen LogP contribution in [0.25, 0.3) is 11.5 Å². The van der Waals surface area contributed by atoms with Crippen LogP contribution in [0.5, 0.6) is 0 Å². The Morgan fingerprint density at radius 3 is 2.76 bits per heavy atom. The van der Waals surface area contributed by atoms with Gasteiger partial charge in [0.15, 0.2) is 0 Å². The van der Waals surface area contributed by atoms with Gasteiger partial charge in [-0.2, -0.15) is 0 Å². The molecule has 0 aliphatic rings. The summed E-state index contributed by atoms with van der Waals surface area (Å²) in [5.41, 5.74) is 0.647. The van der Waals surface area contributed by atoms with Gasteiger partial charge in [-0.1, -0.05) is 6.07 Å². The van der Waals surface area contributed by atoms with Crippen molar-refractivity contribution in [1.29, 1.82) is 0 Å². The van der Waals surface area contributed by atoms with E-state index in [4.69, 9.17) is 9.52 Å². The second-order valence-corrected chi connectivity index (χ2v) is 5.36. The molecular formula is C18H15FN2O4. The Bertz CT molecular complexity index is 948. The quantitative estimate of drug-likeness (QED) is 0.662. The van der Waals surface area contributed by atoms with Crippen LogP contribution in [0.2, 0.25) is 0 Å². The standard InChI is InChI=1S/C18H15FN2O4/c19-14-5-3-11(8-12(14)10-22)9-20-17(23)13-4-6-15(21-18(13)24)16-2-1-7-25-16/h1-8,22H,9-10H2,(H,20,23)(H,21,24). The number of carbonyl (C=O) groups is 1. The number of furan rings is 1. The highest BCUT2D eigenvalue weighted by Gasteiger charge is 2.12. The summed E-state index contributed by atoms with van der Waals surface area (Å²) in [6.45, 7) is -0.326. The van der Waals surface area contributed by atoms with E-state index in [0.29, 0.717) is 17.0 Å². The zero-order chi connectivity index (χ0) is 17.8. The monoisotopic (exact) mass is 342 g/mol. The third kappa shape index (κ3) is 3.67. The first-order valence-corrected chi connectivity index (χ1v) is 7.52. The minimum Gasteiger partial charge on any atom is -0.463 e. The Morgan fingerprint density at radius 2 is 2.08 bits per heavy atom. The van der Waals surface area contributed by atoms with Gasteiger partial charge in [-0.05, 0) is 42.0 Å². The molecule has 6 nitrogen and oxygen atoms in total. The number of benzene rings is 1. The van der Waals surface area contributed by atoms with Gasteiger partial charge >= 0.3 is 0 Å². The van der Waals surface area contributed by atoms with Crippen LogP contribution < -0.4 is 10.9 Å². The molecule has 3 aromatic rings. The molecule has 1 amide bonds. The van der Waals surface area contributed by atoms with E-state index in [9.17, 15) is 14.0 Å². The van der Waals surface area contributed by atoms with Crippen LogP contribution in [-0.2, 0) is 13.2 Å². The molecule has 0 fully saturated rings. The number of aliphatic hydroxyl groups excluding tert-OH is 1. The number of halogens is 1. The second-order valence-electron chi connectivity index (χ2n) is 5.36. The van der Waals surface area contributed by atoms with Gasteiger partial charge in [0.05, 0.1) is 18.6 Å². The van der Waals surface area contributed by atoms with E-state index in [1.54, 1.807) is 18.2 Å². The van der Waals surface area contributed by atoms with Crippen molar-refractivity contribution in [3.05, 3.63) is 81.6 Å². The lowest BCUT2D eigenvalue weighted by atomic mass is 10.1. The molecule has 0 atom stereocenters. The van der Waals surface area contributed by atoms with Gasteiger partial charge in [-0.3, -0.25) is 9.59 Å². The Kier molecular flexibility index (Phi) is 4.76. The lowest BCUT2D eigenvalue weighted by Gasteiger charge is -2.07. The lowest BCUT2D eigenvalue weighted by Crippen LogP contribution is -2.29. The molecule has 0 bridgehead atoms. The number of aromatic nitrogens is 1. The maximum atomic E-state index is 13.3. The first kappa shape index (κ1) is 16.7. The number of hydrogen-bond acceptors (Lipinski definition) is 4. The summed E-state index contributed by atoms with van der Waals surface area (Å²) in [5.74, 6) is -0.573. The fourth-order valence-electron chi connectivity index (χ4n) is 2.36. The molecule has 3 rings (SSSR count). The minimum atomic E-state index is -0.554. The molecule has 2 heterocycles. The predicted molar refractivity (Wildman–Crippen MR) is 88.3 cm³/mol. The summed E-state index contributed by atoms with van der Waals surface area (Å²) in [4.78, 5) is 26.9. The van der Waals surface area contributed by atoms with Gasteiger partial charge in [0.2, 0.25) is 0 Å². The molecule has 0 unspecified atom stereocenters. The van der Waals surface area contributed by atoms with Crippen molar-refractivity contribution in [2.24, 2.45) is 0 Å². The van der Waals surface area contributed by atoms with Gasteiger partial charge in [-0.25, -0.2) is 4.39 Å². The molecule has 0 radical (unpaired) electrons. The van der Waals surface area contributed by atoms with E-state index in [-0.39, 0.29) is 17.7 Å². The van der Waals surface area contributed by atoms with Crippen LogP contribution in [0.1, 0.15) is 21.5 Å². The number of H-pyrrole nitrogens is 1. The molecule has 0 aliphatic carbocycles. The zero-order valence-electron chi connectivity index (χ0n) is 13.1. The van der Waals surface area contributed by atoms with E-state index in [2.05, 4.69) is 10.3 Å². The van der Waals surface area contributed by atoms with Crippen molar-refractivity contribution in [3.8, 4) is 11.5 Å². The Morgan fingerprint density at radius 1 is 1.24 bits per heavy atom. The average Bonchev–Trinajstić information content (AvgIpc) is 3.15. The van der Waals surface area contributed by atoms with Gasteiger partial charge < -0.3 is 19.8 Å². The Hall–Kier alpha value is -3.19. The lowest BCUT2D eigenvalue weighted by molar-refractivity contribution is 0.0949. The summed E-state index contributed by atoms with van der Waals surface area (Å²) >= 11 is 0. The molecule has 0 saturated carbocycles. The topological polar surface area (TPSA) is 95.3 Å². The molecule has 3 N–H and O–H groups in total.